The van der Waals surface area contributed by atoms with Crippen LogP contribution in [0.1, 0.15) is 18.4 Å². The molecule has 116 valence electrons. The van der Waals surface area contributed by atoms with Crippen molar-refractivity contribution in [1.82, 2.24) is 15.6 Å². The van der Waals surface area contributed by atoms with Crippen LogP contribution in [0.4, 0.5) is 4.79 Å². The number of hydrogen-bond acceptors (Lipinski definition) is 4. The van der Waals surface area contributed by atoms with Gasteiger partial charge in [0.15, 0.2) is 0 Å². The van der Waals surface area contributed by atoms with Gasteiger partial charge in [-0.3, -0.25) is 4.98 Å². The van der Waals surface area contributed by atoms with Gasteiger partial charge in [-0.25, -0.2) is 4.79 Å². The molecule has 1 aliphatic heterocycles. The summed E-state index contributed by atoms with van der Waals surface area (Å²) in [5, 5.41) is 5.64. The van der Waals surface area contributed by atoms with Crippen LogP contribution in [0.3, 0.4) is 0 Å². The Morgan fingerprint density at radius 2 is 2.32 bits per heavy atom. The Labute approximate surface area is 128 Å². The number of carbonyl (C=O) groups is 1. The van der Waals surface area contributed by atoms with E-state index in [2.05, 4.69) is 15.6 Å². The number of carbonyl (C=O) groups excluding carboxylic acids is 1. The maximum atomic E-state index is 11.8. The molecule has 1 fully saturated rings. The molecule has 6 nitrogen and oxygen atoms in total. The Morgan fingerprint density at radius 3 is 3.09 bits per heavy atom. The van der Waals surface area contributed by atoms with Gasteiger partial charge >= 0.3 is 6.03 Å². The standard InChI is InChI=1S/C16H19N3O3/c20-16(19-11-14-3-1-5-21-14)18-9-12-7-13(10-17-8-12)15-4-2-6-22-15/h2,4,6-8,10,14H,1,3,5,9,11H2,(H2,18,19,20). The molecule has 0 aromatic carbocycles. The Hall–Kier alpha value is -2.34. The number of nitrogens with zero attached hydrogens (tertiary/aromatic N) is 1. The quantitative estimate of drug-likeness (QED) is 0.888. The average molecular weight is 301 g/mol. The second-order valence-electron chi connectivity index (χ2n) is 5.26. The molecule has 2 N–H and O–H groups in total. The lowest BCUT2D eigenvalue weighted by Gasteiger charge is -2.11. The van der Waals surface area contributed by atoms with Gasteiger partial charge in [-0.1, -0.05) is 0 Å². The zero-order valence-corrected chi connectivity index (χ0v) is 12.2. The van der Waals surface area contributed by atoms with Gasteiger partial charge in [0.2, 0.25) is 0 Å². The summed E-state index contributed by atoms with van der Waals surface area (Å²) in [5.41, 5.74) is 1.81. The smallest absolute Gasteiger partial charge is 0.315 e. The zero-order chi connectivity index (χ0) is 15.2. The monoisotopic (exact) mass is 301 g/mol. The highest BCUT2D eigenvalue weighted by Gasteiger charge is 2.15. The lowest BCUT2D eigenvalue weighted by atomic mass is 10.1. The molecule has 6 heteroatoms. The first-order chi connectivity index (χ1) is 10.8. The molecule has 1 unspecified atom stereocenters. The Bertz CT molecular complexity index is 607. The normalized spacial score (nSPS) is 17.4. The molecule has 2 aromatic heterocycles. The van der Waals surface area contributed by atoms with Gasteiger partial charge in [0, 0.05) is 37.7 Å². The van der Waals surface area contributed by atoms with Gasteiger partial charge in [0.1, 0.15) is 5.76 Å². The van der Waals surface area contributed by atoms with Crippen LogP contribution in [0.25, 0.3) is 11.3 Å². The number of hydrogen-bond donors (Lipinski definition) is 2. The summed E-state index contributed by atoms with van der Waals surface area (Å²) in [6.45, 7) is 1.76. The van der Waals surface area contributed by atoms with E-state index in [1.807, 2.05) is 18.2 Å². The van der Waals surface area contributed by atoms with Gasteiger partial charge in [-0.2, -0.15) is 0 Å². The third-order valence-corrected chi connectivity index (χ3v) is 3.57. The molecule has 0 aliphatic carbocycles. The van der Waals surface area contributed by atoms with E-state index < -0.39 is 0 Å². The van der Waals surface area contributed by atoms with Crippen molar-refractivity contribution in [3.63, 3.8) is 0 Å². The first kappa shape index (κ1) is 14.6. The third kappa shape index (κ3) is 3.85. The van der Waals surface area contributed by atoms with Crippen LogP contribution in [0.15, 0.2) is 41.3 Å². The SMILES string of the molecule is O=C(NCc1cncc(-c2ccco2)c1)NCC1CCCO1. The molecule has 0 spiro atoms. The number of urea groups is 1. The molecule has 1 aliphatic rings. The number of pyridine rings is 1. The van der Waals surface area contributed by atoms with Gasteiger partial charge in [0.05, 0.1) is 12.4 Å². The first-order valence-corrected chi connectivity index (χ1v) is 7.42. The summed E-state index contributed by atoms with van der Waals surface area (Å²) in [4.78, 5) is 15.9. The third-order valence-electron chi connectivity index (χ3n) is 3.57. The summed E-state index contributed by atoms with van der Waals surface area (Å²) < 4.78 is 10.8. The molecule has 0 radical (unpaired) electrons. The number of nitrogens with one attached hydrogen (secondary N) is 2. The largest absolute Gasteiger partial charge is 0.464 e. The van der Waals surface area contributed by atoms with Crippen molar-refractivity contribution in [2.45, 2.75) is 25.5 Å². The van der Waals surface area contributed by atoms with Gasteiger partial charge < -0.3 is 19.8 Å². The molecule has 1 atom stereocenters. The highest BCUT2D eigenvalue weighted by Crippen LogP contribution is 2.19. The van der Waals surface area contributed by atoms with Crippen LogP contribution in [0.5, 0.6) is 0 Å². The molecule has 0 saturated carbocycles. The number of furan rings is 1. The minimum atomic E-state index is -0.195. The first-order valence-electron chi connectivity index (χ1n) is 7.42. The maximum absolute atomic E-state index is 11.8. The molecule has 2 aromatic rings. The zero-order valence-electron chi connectivity index (χ0n) is 12.2. The minimum absolute atomic E-state index is 0.148. The minimum Gasteiger partial charge on any atom is -0.464 e. The Kier molecular flexibility index (Phi) is 4.70. The number of ether oxygens (including phenoxy) is 1. The second-order valence-corrected chi connectivity index (χ2v) is 5.26. The Morgan fingerprint density at radius 1 is 1.36 bits per heavy atom. The van der Waals surface area contributed by atoms with Gasteiger partial charge in [-0.15, -0.1) is 0 Å². The van der Waals surface area contributed by atoms with Crippen LogP contribution in [-0.2, 0) is 11.3 Å². The fourth-order valence-corrected chi connectivity index (χ4v) is 2.42. The number of amides is 2. The predicted octanol–water partition coefficient (Wildman–Crippen LogP) is 2.32. The average Bonchev–Trinajstić information content (AvgIpc) is 3.24. The number of aromatic nitrogens is 1. The topological polar surface area (TPSA) is 76.4 Å². The van der Waals surface area contributed by atoms with Gasteiger partial charge in [0.25, 0.3) is 0 Å². The van der Waals surface area contributed by atoms with E-state index in [1.54, 1.807) is 18.7 Å². The molecule has 0 bridgehead atoms. The van der Waals surface area contributed by atoms with E-state index in [1.165, 1.54) is 0 Å². The van der Waals surface area contributed by atoms with E-state index in [4.69, 9.17) is 9.15 Å². The maximum Gasteiger partial charge on any atom is 0.315 e. The molecule has 22 heavy (non-hydrogen) atoms. The van der Waals surface area contributed by atoms with Crippen LogP contribution >= 0.6 is 0 Å². The van der Waals surface area contributed by atoms with Crippen molar-refractivity contribution in [3.05, 3.63) is 42.4 Å². The highest BCUT2D eigenvalue weighted by atomic mass is 16.5. The van der Waals surface area contributed by atoms with E-state index in [0.29, 0.717) is 13.1 Å². The van der Waals surface area contributed by atoms with Gasteiger partial charge in [-0.05, 0) is 36.6 Å². The van der Waals surface area contributed by atoms with Crippen LogP contribution < -0.4 is 10.6 Å². The predicted molar refractivity (Wildman–Crippen MR) is 81.2 cm³/mol. The van der Waals surface area contributed by atoms with Crippen molar-refractivity contribution in [2.75, 3.05) is 13.2 Å². The van der Waals surface area contributed by atoms with E-state index in [-0.39, 0.29) is 12.1 Å². The molecule has 3 heterocycles. The summed E-state index contributed by atoms with van der Waals surface area (Å²) in [7, 11) is 0. The van der Waals surface area contributed by atoms with Crippen LogP contribution in [0.2, 0.25) is 0 Å². The molecule has 3 rings (SSSR count). The summed E-state index contributed by atoms with van der Waals surface area (Å²) in [5.74, 6) is 0.761. The summed E-state index contributed by atoms with van der Waals surface area (Å²) in [6, 6.07) is 5.46. The highest BCUT2D eigenvalue weighted by molar-refractivity contribution is 5.73. The van der Waals surface area contributed by atoms with E-state index in [0.717, 1.165) is 36.3 Å². The van der Waals surface area contributed by atoms with Crippen molar-refractivity contribution < 1.29 is 13.9 Å². The van der Waals surface area contributed by atoms with Crippen molar-refractivity contribution in [2.24, 2.45) is 0 Å². The Balaban J connectivity index is 1.48. The molecular weight excluding hydrogens is 282 g/mol. The second kappa shape index (κ2) is 7.09. The fourth-order valence-electron chi connectivity index (χ4n) is 2.42. The van der Waals surface area contributed by atoms with E-state index in [9.17, 15) is 4.79 Å². The molecule has 1 saturated heterocycles. The lowest BCUT2D eigenvalue weighted by Crippen LogP contribution is -2.39. The van der Waals surface area contributed by atoms with Crippen molar-refractivity contribution in [1.29, 1.82) is 0 Å². The fraction of sp³-hybridized carbons (Fsp3) is 0.375. The van der Waals surface area contributed by atoms with Crippen LogP contribution in [-0.4, -0.2) is 30.3 Å². The summed E-state index contributed by atoms with van der Waals surface area (Å²) >= 11 is 0. The molecule has 2 amide bonds. The van der Waals surface area contributed by atoms with Crippen molar-refractivity contribution >= 4 is 6.03 Å². The molecular formula is C16H19N3O3. The van der Waals surface area contributed by atoms with Crippen LogP contribution in [0, 0.1) is 0 Å². The number of rotatable bonds is 5. The van der Waals surface area contributed by atoms with Crippen molar-refractivity contribution in [3.8, 4) is 11.3 Å². The summed E-state index contributed by atoms with van der Waals surface area (Å²) in [6.07, 6.45) is 7.31. The van der Waals surface area contributed by atoms with E-state index >= 15 is 0 Å². The lowest BCUT2D eigenvalue weighted by molar-refractivity contribution is 0.111.